The number of hydrogen-bond acceptors (Lipinski definition) is 4. The van der Waals surface area contributed by atoms with Crippen molar-refractivity contribution in [1.29, 1.82) is 0 Å². The van der Waals surface area contributed by atoms with Crippen molar-refractivity contribution in [1.82, 2.24) is 4.98 Å². The summed E-state index contributed by atoms with van der Waals surface area (Å²) in [7, 11) is 0. The number of ether oxygens (including phenoxy) is 1. The second-order valence-electron chi connectivity index (χ2n) is 4.89. The summed E-state index contributed by atoms with van der Waals surface area (Å²) in [5.74, 6) is 0.589. The highest BCUT2D eigenvalue weighted by molar-refractivity contribution is 7.18. The summed E-state index contributed by atoms with van der Waals surface area (Å²) in [6.07, 6.45) is 3.07. The van der Waals surface area contributed by atoms with Crippen LogP contribution in [-0.2, 0) is 11.2 Å². The number of fused-ring (bicyclic) bond motifs is 1. The predicted molar refractivity (Wildman–Crippen MR) is 74.8 cm³/mol. The zero-order chi connectivity index (χ0) is 12.4. The van der Waals surface area contributed by atoms with Gasteiger partial charge in [0.05, 0.1) is 15.2 Å². The molecule has 3 rings (SSSR count). The van der Waals surface area contributed by atoms with Gasteiger partial charge in [-0.1, -0.05) is 12.1 Å². The van der Waals surface area contributed by atoms with Gasteiger partial charge in [0.25, 0.3) is 0 Å². The Bertz CT molecular complexity index is 486. The minimum Gasteiger partial charge on any atom is -0.381 e. The monoisotopic (exact) mass is 262 g/mol. The lowest BCUT2D eigenvalue weighted by Crippen LogP contribution is -2.35. The van der Waals surface area contributed by atoms with E-state index in [-0.39, 0.29) is 6.04 Å². The van der Waals surface area contributed by atoms with Gasteiger partial charge in [0, 0.05) is 25.7 Å². The average molecular weight is 262 g/mol. The van der Waals surface area contributed by atoms with Crippen molar-refractivity contribution in [2.24, 2.45) is 11.7 Å². The van der Waals surface area contributed by atoms with E-state index in [9.17, 15) is 0 Å². The van der Waals surface area contributed by atoms with E-state index in [0.717, 1.165) is 43.0 Å². The third kappa shape index (κ3) is 2.55. The van der Waals surface area contributed by atoms with E-state index in [1.165, 1.54) is 4.70 Å². The van der Waals surface area contributed by atoms with Crippen LogP contribution in [0.15, 0.2) is 24.3 Å². The summed E-state index contributed by atoms with van der Waals surface area (Å²) in [6.45, 7) is 1.72. The number of thiazole rings is 1. The highest BCUT2D eigenvalue weighted by Crippen LogP contribution is 2.25. The molecule has 96 valence electrons. The summed E-state index contributed by atoms with van der Waals surface area (Å²) in [5, 5.41) is 1.16. The fourth-order valence-electron chi connectivity index (χ4n) is 2.52. The van der Waals surface area contributed by atoms with Crippen LogP contribution >= 0.6 is 11.3 Å². The van der Waals surface area contributed by atoms with Gasteiger partial charge < -0.3 is 10.5 Å². The first-order valence-corrected chi connectivity index (χ1v) is 7.32. The Morgan fingerprint density at radius 3 is 2.89 bits per heavy atom. The van der Waals surface area contributed by atoms with Gasteiger partial charge in [0.2, 0.25) is 0 Å². The van der Waals surface area contributed by atoms with Crippen molar-refractivity contribution in [2.45, 2.75) is 25.3 Å². The van der Waals surface area contributed by atoms with E-state index in [2.05, 4.69) is 23.2 Å². The SMILES string of the molecule is NC(Cc1nc2ccccc2s1)C1CCOCC1. The van der Waals surface area contributed by atoms with E-state index >= 15 is 0 Å². The standard InChI is InChI=1S/C14H18N2OS/c15-11(10-5-7-17-8-6-10)9-14-16-12-3-1-2-4-13(12)18-14/h1-4,10-11H,5-9,15H2. The van der Waals surface area contributed by atoms with Crippen molar-refractivity contribution in [2.75, 3.05) is 13.2 Å². The molecule has 1 aromatic carbocycles. The molecule has 2 N–H and O–H groups in total. The molecule has 1 unspecified atom stereocenters. The molecule has 2 aromatic rings. The van der Waals surface area contributed by atoms with Crippen molar-refractivity contribution in [3.63, 3.8) is 0 Å². The fraction of sp³-hybridized carbons (Fsp3) is 0.500. The Labute approximate surface area is 111 Å². The van der Waals surface area contributed by atoms with Crippen molar-refractivity contribution < 1.29 is 4.74 Å². The normalized spacial score (nSPS) is 19.2. The van der Waals surface area contributed by atoms with Crippen LogP contribution in [0, 0.1) is 5.92 Å². The molecule has 0 spiro atoms. The Morgan fingerprint density at radius 1 is 1.33 bits per heavy atom. The van der Waals surface area contributed by atoms with Crippen LogP contribution in [0.5, 0.6) is 0 Å². The maximum atomic E-state index is 6.31. The van der Waals surface area contributed by atoms with E-state index in [1.54, 1.807) is 11.3 Å². The minimum absolute atomic E-state index is 0.217. The Hall–Kier alpha value is -0.970. The average Bonchev–Trinajstić information content (AvgIpc) is 2.82. The van der Waals surface area contributed by atoms with Crippen molar-refractivity contribution >= 4 is 21.6 Å². The highest BCUT2D eigenvalue weighted by Gasteiger charge is 2.22. The molecule has 0 bridgehead atoms. The number of nitrogens with zero attached hydrogens (tertiary/aromatic N) is 1. The molecule has 1 aliphatic rings. The Kier molecular flexibility index (Phi) is 3.59. The molecule has 0 saturated carbocycles. The summed E-state index contributed by atoms with van der Waals surface area (Å²) in [4.78, 5) is 4.65. The predicted octanol–water partition coefficient (Wildman–Crippen LogP) is 2.59. The van der Waals surface area contributed by atoms with E-state index in [4.69, 9.17) is 10.5 Å². The van der Waals surface area contributed by atoms with Crippen LogP contribution < -0.4 is 5.73 Å². The second-order valence-corrected chi connectivity index (χ2v) is 6.01. The maximum absolute atomic E-state index is 6.31. The first kappa shape index (κ1) is 12.1. The lowest BCUT2D eigenvalue weighted by atomic mass is 9.90. The molecule has 1 aromatic heterocycles. The molecule has 1 saturated heterocycles. The van der Waals surface area contributed by atoms with E-state index in [1.807, 2.05) is 6.07 Å². The Morgan fingerprint density at radius 2 is 2.11 bits per heavy atom. The van der Waals surface area contributed by atoms with Crippen LogP contribution in [0.1, 0.15) is 17.8 Å². The van der Waals surface area contributed by atoms with Gasteiger partial charge in [0.15, 0.2) is 0 Å². The van der Waals surface area contributed by atoms with Gasteiger partial charge in [-0.15, -0.1) is 11.3 Å². The Balaban J connectivity index is 1.71. The topological polar surface area (TPSA) is 48.1 Å². The maximum Gasteiger partial charge on any atom is 0.0954 e. The number of rotatable bonds is 3. The number of benzene rings is 1. The zero-order valence-electron chi connectivity index (χ0n) is 10.3. The zero-order valence-corrected chi connectivity index (χ0v) is 11.2. The smallest absolute Gasteiger partial charge is 0.0954 e. The molecular formula is C14H18N2OS. The molecule has 2 heterocycles. The largest absolute Gasteiger partial charge is 0.381 e. The number of hydrogen-bond donors (Lipinski definition) is 1. The summed E-state index contributed by atoms with van der Waals surface area (Å²) >= 11 is 1.77. The van der Waals surface area contributed by atoms with Crippen molar-refractivity contribution in [3.8, 4) is 0 Å². The molecular weight excluding hydrogens is 244 g/mol. The van der Waals surface area contributed by atoms with Gasteiger partial charge in [0.1, 0.15) is 0 Å². The fourth-order valence-corrected chi connectivity index (χ4v) is 3.56. The van der Waals surface area contributed by atoms with Gasteiger partial charge in [-0.05, 0) is 30.9 Å². The summed E-state index contributed by atoms with van der Waals surface area (Å²) < 4.78 is 6.64. The lowest BCUT2D eigenvalue weighted by molar-refractivity contribution is 0.0585. The molecule has 1 aliphatic heterocycles. The molecule has 1 fully saturated rings. The molecule has 3 nitrogen and oxygen atoms in total. The molecule has 0 radical (unpaired) electrons. The van der Waals surface area contributed by atoms with Crippen LogP contribution in [0.3, 0.4) is 0 Å². The van der Waals surface area contributed by atoms with Crippen LogP contribution in [0.4, 0.5) is 0 Å². The first-order valence-electron chi connectivity index (χ1n) is 6.51. The van der Waals surface area contributed by atoms with Gasteiger partial charge in [-0.25, -0.2) is 4.98 Å². The number of nitrogens with two attached hydrogens (primary N) is 1. The number of para-hydroxylation sites is 1. The third-order valence-corrected chi connectivity index (χ3v) is 4.68. The minimum atomic E-state index is 0.217. The quantitative estimate of drug-likeness (QED) is 0.925. The van der Waals surface area contributed by atoms with Gasteiger partial charge in [-0.3, -0.25) is 0 Å². The molecule has 4 heteroatoms. The molecule has 18 heavy (non-hydrogen) atoms. The third-order valence-electron chi connectivity index (χ3n) is 3.62. The molecule has 0 aliphatic carbocycles. The van der Waals surface area contributed by atoms with Gasteiger partial charge >= 0.3 is 0 Å². The highest BCUT2D eigenvalue weighted by atomic mass is 32.1. The lowest BCUT2D eigenvalue weighted by Gasteiger charge is -2.26. The van der Waals surface area contributed by atoms with Crippen molar-refractivity contribution in [3.05, 3.63) is 29.3 Å². The van der Waals surface area contributed by atoms with Crippen LogP contribution in [-0.4, -0.2) is 24.2 Å². The van der Waals surface area contributed by atoms with E-state index < -0.39 is 0 Å². The summed E-state index contributed by atoms with van der Waals surface area (Å²) in [6, 6.07) is 8.49. The summed E-state index contributed by atoms with van der Waals surface area (Å²) in [5.41, 5.74) is 7.41. The first-order chi connectivity index (χ1) is 8.83. The molecule has 0 amide bonds. The second kappa shape index (κ2) is 5.34. The molecule has 1 atom stereocenters. The van der Waals surface area contributed by atoms with E-state index in [0.29, 0.717) is 5.92 Å². The van der Waals surface area contributed by atoms with Gasteiger partial charge in [-0.2, -0.15) is 0 Å². The number of aromatic nitrogens is 1. The van der Waals surface area contributed by atoms with Crippen LogP contribution in [0.2, 0.25) is 0 Å². The van der Waals surface area contributed by atoms with Crippen LogP contribution in [0.25, 0.3) is 10.2 Å².